The molecule has 1 aliphatic heterocycles. The van der Waals surface area contributed by atoms with Crippen molar-refractivity contribution in [3.8, 4) is 0 Å². The molecule has 0 spiro atoms. The Bertz CT molecular complexity index is 407. The van der Waals surface area contributed by atoms with Crippen molar-refractivity contribution in [2.75, 3.05) is 6.61 Å². The van der Waals surface area contributed by atoms with Crippen molar-refractivity contribution in [3.63, 3.8) is 0 Å². The number of nitrogens with two attached hydrogens (primary N) is 1. The van der Waals surface area contributed by atoms with E-state index in [9.17, 15) is 0 Å². The van der Waals surface area contributed by atoms with E-state index < -0.39 is 0 Å². The molecule has 2 N–H and O–H groups in total. The second kappa shape index (κ2) is 6.06. The zero-order valence-corrected chi connectivity index (χ0v) is 12.5. The van der Waals surface area contributed by atoms with Crippen LogP contribution in [0.4, 0.5) is 0 Å². The van der Waals surface area contributed by atoms with E-state index in [1.54, 1.807) is 0 Å². The highest BCUT2D eigenvalue weighted by molar-refractivity contribution is 5.28. The molecule has 0 amide bonds. The van der Waals surface area contributed by atoms with Crippen molar-refractivity contribution >= 4 is 0 Å². The van der Waals surface area contributed by atoms with Crippen molar-refractivity contribution in [1.82, 2.24) is 0 Å². The van der Waals surface area contributed by atoms with Gasteiger partial charge in [0.15, 0.2) is 0 Å². The van der Waals surface area contributed by atoms with Crippen molar-refractivity contribution in [3.05, 3.63) is 35.4 Å². The smallest absolute Gasteiger partial charge is 0.0846 e. The fourth-order valence-corrected chi connectivity index (χ4v) is 2.94. The third kappa shape index (κ3) is 3.58. The Hall–Kier alpha value is -0.860. The normalized spacial score (nSPS) is 25.5. The summed E-state index contributed by atoms with van der Waals surface area (Å²) in [5.41, 5.74) is 8.87. The molecule has 1 aliphatic rings. The van der Waals surface area contributed by atoms with Crippen LogP contribution in [0.2, 0.25) is 0 Å². The minimum absolute atomic E-state index is 0.0279. The van der Waals surface area contributed by atoms with Gasteiger partial charge < -0.3 is 10.5 Å². The molecule has 2 unspecified atom stereocenters. The number of ether oxygens (including phenoxy) is 1. The van der Waals surface area contributed by atoms with Gasteiger partial charge in [-0.3, -0.25) is 0 Å². The van der Waals surface area contributed by atoms with E-state index in [2.05, 4.69) is 45.0 Å². The summed E-state index contributed by atoms with van der Waals surface area (Å²) in [6.45, 7) is 7.50. The molecule has 1 aromatic rings. The third-order valence-corrected chi connectivity index (χ3v) is 4.11. The maximum Gasteiger partial charge on any atom is 0.0846 e. The first-order valence-corrected chi connectivity index (χ1v) is 7.49. The molecule has 19 heavy (non-hydrogen) atoms. The molecule has 0 aromatic heterocycles. The van der Waals surface area contributed by atoms with Gasteiger partial charge in [0, 0.05) is 6.61 Å². The van der Waals surface area contributed by atoms with E-state index in [-0.39, 0.29) is 11.6 Å². The molecule has 2 nitrogen and oxygen atoms in total. The second-order valence-corrected chi connectivity index (χ2v) is 6.44. The fraction of sp³-hybridized carbons (Fsp3) is 0.647. The average molecular weight is 261 g/mol. The predicted molar refractivity (Wildman–Crippen MR) is 80.1 cm³/mol. The molecule has 106 valence electrons. The number of hydrogen-bond acceptors (Lipinski definition) is 2. The SMILES string of the molecule is CC(C)Cc1cccc(C(N)C2(C)CCCCO2)c1. The monoisotopic (exact) mass is 261 g/mol. The summed E-state index contributed by atoms with van der Waals surface area (Å²) in [7, 11) is 0. The molecule has 1 fully saturated rings. The lowest BCUT2D eigenvalue weighted by Crippen LogP contribution is -2.43. The molecule has 2 atom stereocenters. The third-order valence-electron chi connectivity index (χ3n) is 4.11. The van der Waals surface area contributed by atoms with Crippen molar-refractivity contribution in [2.24, 2.45) is 11.7 Å². The van der Waals surface area contributed by atoms with Gasteiger partial charge in [-0.25, -0.2) is 0 Å². The molecule has 0 radical (unpaired) electrons. The Morgan fingerprint density at radius 3 is 2.74 bits per heavy atom. The van der Waals surface area contributed by atoms with Crippen molar-refractivity contribution < 1.29 is 4.74 Å². The van der Waals surface area contributed by atoms with Gasteiger partial charge in [0.1, 0.15) is 0 Å². The van der Waals surface area contributed by atoms with Crippen LogP contribution in [0.15, 0.2) is 24.3 Å². The zero-order valence-electron chi connectivity index (χ0n) is 12.5. The Kier molecular flexibility index (Phi) is 4.64. The minimum Gasteiger partial charge on any atom is -0.373 e. The van der Waals surface area contributed by atoms with Crippen molar-refractivity contribution in [1.29, 1.82) is 0 Å². The van der Waals surface area contributed by atoms with E-state index >= 15 is 0 Å². The van der Waals surface area contributed by atoms with Gasteiger partial charge in [0.25, 0.3) is 0 Å². The predicted octanol–water partition coefficient (Wildman–Crippen LogP) is 3.84. The van der Waals surface area contributed by atoms with Gasteiger partial charge in [0.2, 0.25) is 0 Å². The van der Waals surface area contributed by atoms with Crippen LogP contribution in [0.3, 0.4) is 0 Å². The number of benzene rings is 1. The van der Waals surface area contributed by atoms with E-state index in [0.717, 1.165) is 25.9 Å². The highest BCUT2D eigenvalue weighted by atomic mass is 16.5. The van der Waals surface area contributed by atoms with Crippen LogP contribution in [0.5, 0.6) is 0 Å². The number of hydrogen-bond donors (Lipinski definition) is 1. The standard InChI is InChI=1S/C17H27NO/c1-13(2)11-14-7-6-8-15(12-14)16(18)17(3)9-4-5-10-19-17/h6-8,12-13,16H,4-5,9-11,18H2,1-3H3. The summed E-state index contributed by atoms with van der Waals surface area (Å²) in [6, 6.07) is 8.69. The van der Waals surface area contributed by atoms with Gasteiger partial charge in [0.05, 0.1) is 11.6 Å². The fourth-order valence-electron chi connectivity index (χ4n) is 2.94. The van der Waals surface area contributed by atoms with Gasteiger partial charge in [-0.1, -0.05) is 38.1 Å². The van der Waals surface area contributed by atoms with Crippen LogP contribution in [0.1, 0.15) is 57.2 Å². The number of rotatable bonds is 4. The summed E-state index contributed by atoms with van der Waals surface area (Å²) in [4.78, 5) is 0. The molecule has 0 bridgehead atoms. The van der Waals surface area contributed by atoms with E-state index in [0.29, 0.717) is 5.92 Å². The maximum atomic E-state index is 6.48. The van der Waals surface area contributed by atoms with E-state index in [4.69, 9.17) is 10.5 Å². The minimum atomic E-state index is -0.200. The first kappa shape index (κ1) is 14.5. The summed E-state index contributed by atoms with van der Waals surface area (Å²) >= 11 is 0. The summed E-state index contributed by atoms with van der Waals surface area (Å²) in [5.74, 6) is 0.674. The van der Waals surface area contributed by atoms with Crippen molar-refractivity contribution in [2.45, 2.75) is 58.1 Å². The lowest BCUT2D eigenvalue weighted by Gasteiger charge is -2.39. The molecule has 2 rings (SSSR count). The Morgan fingerprint density at radius 2 is 2.11 bits per heavy atom. The lowest BCUT2D eigenvalue weighted by molar-refractivity contribution is -0.0820. The highest BCUT2D eigenvalue weighted by Crippen LogP contribution is 2.35. The summed E-state index contributed by atoms with van der Waals surface area (Å²) in [6.07, 6.45) is 4.55. The first-order valence-electron chi connectivity index (χ1n) is 7.49. The molecular weight excluding hydrogens is 234 g/mol. The molecule has 0 saturated carbocycles. The summed E-state index contributed by atoms with van der Waals surface area (Å²) in [5, 5.41) is 0. The molecule has 1 heterocycles. The Labute approximate surface area is 117 Å². The van der Waals surface area contributed by atoms with E-state index in [1.165, 1.54) is 17.5 Å². The quantitative estimate of drug-likeness (QED) is 0.893. The highest BCUT2D eigenvalue weighted by Gasteiger charge is 2.35. The summed E-state index contributed by atoms with van der Waals surface area (Å²) < 4.78 is 5.98. The molecule has 2 heteroatoms. The molecule has 1 aromatic carbocycles. The first-order chi connectivity index (χ1) is 9.01. The van der Waals surface area contributed by atoms with Gasteiger partial charge in [-0.2, -0.15) is 0 Å². The van der Waals surface area contributed by atoms with Crippen LogP contribution in [0, 0.1) is 5.92 Å². The van der Waals surface area contributed by atoms with Gasteiger partial charge in [-0.15, -0.1) is 0 Å². The van der Waals surface area contributed by atoms with Crippen LogP contribution < -0.4 is 5.73 Å². The lowest BCUT2D eigenvalue weighted by atomic mass is 9.84. The molecule has 0 aliphatic carbocycles. The van der Waals surface area contributed by atoms with E-state index in [1.807, 2.05) is 0 Å². The topological polar surface area (TPSA) is 35.2 Å². The maximum absolute atomic E-state index is 6.48. The molecular formula is C17H27NO. The Morgan fingerprint density at radius 1 is 1.32 bits per heavy atom. The Balaban J connectivity index is 2.16. The zero-order chi connectivity index (χ0) is 13.9. The van der Waals surface area contributed by atoms with Crippen LogP contribution in [-0.2, 0) is 11.2 Å². The molecule has 1 saturated heterocycles. The largest absolute Gasteiger partial charge is 0.373 e. The van der Waals surface area contributed by atoms with Crippen LogP contribution in [-0.4, -0.2) is 12.2 Å². The second-order valence-electron chi connectivity index (χ2n) is 6.44. The van der Waals surface area contributed by atoms with Gasteiger partial charge in [-0.05, 0) is 49.7 Å². The van der Waals surface area contributed by atoms with Crippen LogP contribution in [0.25, 0.3) is 0 Å². The van der Waals surface area contributed by atoms with Gasteiger partial charge >= 0.3 is 0 Å². The van der Waals surface area contributed by atoms with Crippen LogP contribution >= 0.6 is 0 Å². The average Bonchev–Trinajstić information content (AvgIpc) is 2.38.